The number of aliphatic hydroxyl groups excluding tert-OH is 1. The number of rotatable bonds is 6. The summed E-state index contributed by atoms with van der Waals surface area (Å²) in [6.45, 7) is 9.33. The topological polar surface area (TPSA) is 66.8 Å². The zero-order valence-corrected chi connectivity index (χ0v) is 11.8. The van der Waals surface area contributed by atoms with E-state index in [-0.39, 0.29) is 24.5 Å². The zero-order valence-electron chi connectivity index (χ0n) is 11.8. The first-order chi connectivity index (χ1) is 8.90. The fourth-order valence-corrected chi connectivity index (χ4v) is 2.10. The summed E-state index contributed by atoms with van der Waals surface area (Å²) in [5, 5.41) is 9.94. The van der Waals surface area contributed by atoms with Crippen LogP contribution in [0.4, 0.5) is 4.79 Å². The molecular formula is C14H23NO4. The monoisotopic (exact) mass is 269 g/mol. The Morgan fingerprint density at radius 2 is 2.21 bits per heavy atom. The van der Waals surface area contributed by atoms with Gasteiger partial charge in [-0.1, -0.05) is 26.8 Å². The van der Waals surface area contributed by atoms with Crippen LogP contribution in [0.3, 0.4) is 0 Å². The Kier molecular flexibility index (Phi) is 5.54. The second kappa shape index (κ2) is 6.70. The highest BCUT2D eigenvalue weighted by Crippen LogP contribution is 2.23. The maximum Gasteiger partial charge on any atom is 0.416 e. The SMILES string of the molecule is C=CCC[C@@H](O)[C@H](C)C(=O)N1C(=O)OC[C@@H]1C(C)C. The van der Waals surface area contributed by atoms with Crippen molar-refractivity contribution in [2.24, 2.45) is 11.8 Å². The summed E-state index contributed by atoms with van der Waals surface area (Å²) >= 11 is 0. The highest BCUT2D eigenvalue weighted by molar-refractivity contribution is 5.94. The Hall–Kier alpha value is -1.36. The molecule has 1 rings (SSSR count). The van der Waals surface area contributed by atoms with Gasteiger partial charge in [0.05, 0.1) is 18.1 Å². The molecule has 0 radical (unpaired) electrons. The van der Waals surface area contributed by atoms with Gasteiger partial charge in [-0.3, -0.25) is 4.79 Å². The molecule has 0 aliphatic carbocycles. The first-order valence-corrected chi connectivity index (χ1v) is 6.69. The van der Waals surface area contributed by atoms with Gasteiger partial charge >= 0.3 is 6.09 Å². The van der Waals surface area contributed by atoms with Crippen molar-refractivity contribution in [3.63, 3.8) is 0 Å². The lowest BCUT2D eigenvalue weighted by molar-refractivity contribution is -0.137. The minimum Gasteiger partial charge on any atom is -0.447 e. The molecule has 0 aromatic heterocycles. The highest BCUT2D eigenvalue weighted by Gasteiger charge is 2.42. The van der Waals surface area contributed by atoms with Crippen molar-refractivity contribution in [3.05, 3.63) is 12.7 Å². The van der Waals surface area contributed by atoms with Crippen LogP contribution in [-0.2, 0) is 9.53 Å². The molecule has 1 fully saturated rings. The number of cyclic esters (lactones) is 1. The lowest BCUT2D eigenvalue weighted by Crippen LogP contribution is -2.46. The maximum atomic E-state index is 12.3. The largest absolute Gasteiger partial charge is 0.447 e. The van der Waals surface area contributed by atoms with Gasteiger partial charge in [-0.25, -0.2) is 9.69 Å². The third-order valence-corrected chi connectivity index (χ3v) is 3.55. The second-order valence-corrected chi connectivity index (χ2v) is 5.32. The molecule has 5 nitrogen and oxygen atoms in total. The minimum atomic E-state index is -0.772. The van der Waals surface area contributed by atoms with Crippen molar-refractivity contribution < 1.29 is 19.4 Å². The molecular weight excluding hydrogens is 246 g/mol. The van der Waals surface area contributed by atoms with Crippen LogP contribution >= 0.6 is 0 Å². The molecule has 2 amide bonds. The Labute approximate surface area is 114 Å². The van der Waals surface area contributed by atoms with E-state index in [0.29, 0.717) is 12.8 Å². The van der Waals surface area contributed by atoms with E-state index in [1.807, 2.05) is 13.8 Å². The number of hydrogen-bond donors (Lipinski definition) is 1. The molecule has 108 valence electrons. The van der Waals surface area contributed by atoms with Crippen molar-refractivity contribution in [1.82, 2.24) is 4.90 Å². The molecule has 3 atom stereocenters. The highest BCUT2D eigenvalue weighted by atomic mass is 16.6. The van der Waals surface area contributed by atoms with Crippen LogP contribution in [0.1, 0.15) is 33.6 Å². The smallest absolute Gasteiger partial charge is 0.416 e. The van der Waals surface area contributed by atoms with Gasteiger partial charge in [0.25, 0.3) is 0 Å². The number of amides is 2. The maximum absolute atomic E-state index is 12.3. The summed E-state index contributed by atoms with van der Waals surface area (Å²) in [6.07, 6.45) is 1.42. The molecule has 0 bridgehead atoms. The van der Waals surface area contributed by atoms with E-state index in [0.717, 1.165) is 4.90 Å². The van der Waals surface area contributed by atoms with Gasteiger partial charge in [-0.2, -0.15) is 0 Å². The second-order valence-electron chi connectivity index (χ2n) is 5.32. The number of carbonyl (C=O) groups is 2. The molecule has 0 aromatic rings. The molecule has 1 N–H and O–H groups in total. The zero-order chi connectivity index (χ0) is 14.6. The lowest BCUT2D eigenvalue weighted by Gasteiger charge is -2.27. The average Bonchev–Trinajstić information content (AvgIpc) is 2.76. The van der Waals surface area contributed by atoms with Crippen molar-refractivity contribution >= 4 is 12.0 Å². The fourth-order valence-electron chi connectivity index (χ4n) is 2.10. The third-order valence-electron chi connectivity index (χ3n) is 3.55. The number of carbonyl (C=O) groups excluding carboxylic acids is 2. The van der Waals surface area contributed by atoms with Gasteiger partial charge in [0.2, 0.25) is 5.91 Å². The first kappa shape index (κ1) is 15.7. The van der Waals surface area contributed by atoms with E-state index in [4.69, 9.17) is 4.74 Å². The van der Waals surface area contributed by atoms with E-state index >= 15 is 0 Å². The van der Waals surface area contributed by atoms with Crippen LogP contribution in [0.5, 0.6) is 0 Å². The molecule has 1 saturated heterocycles. The summed E-state index contributed by atoms with van der Waals surface area (Å²) in [5.74, 6) is -0.850. The lowest BCUT2D eigenvalue weighted by atomic mass is 9.97. The standard InChI is InChI=1S/C14H23NO4/c1-5-6-7-12(16)10(4)13(17)15-11(9(2)3)8-19-14(15)18/h5,9-12,16H,1,6-8H2,2-4H3/t10-,11+,12+/m0/s1. The van der Waals surface area contributed by atoms with Crippen molar-refractivity contribution in [2.75, 3.05) is 6.61 Å². The van der Waals surface area contributed by atoms with Gasteiger partial charge in [0.1, 0.15) is 6.61 Å². The van der Waals surface area contributed by atoms with E-state index < -0.39 is 18.1 Å². The van der Waals surface area contributed by atoms with Crippen LogP contribution in [0.25, 0.3) is 0 Å². The van der Waals surface area contributed by atoms with Crippen molar-refractivity contribution in [1.29, 1.82) is 0 Å². The molecule has 0 unspecified atom stereocenters. The van der Waals surface area contributed by atoms with Crippen LogP contribution in [-0.4, -0.2) is 40.8 Å². The van der Waals surface area contributed by atoms with E-state index in [2.05, 4.69) is 6.58 Å². The summed E-state index contributed by atoms with van der Waals surface area (Å²) in [4.78, 5) is 25.1. The van der Waals surface area contributed by atoms with Gasteiger partial charge in [-0.05, 0) is 18.8 Å². The summed E-state index contributed by atoms with van der Waals surface area (Å²) in [5.41, 5.74) is 0. The molecule has 0 spiro atoms. The summed E-state index contributed by atoms with van der Waals surface area (Å²) in [6, 6.07) is -0.242. The van der Waals surface area contributed by atoms with Gasteiger partial charge in [0.15, 0.2) is 0 Å². The molecule has 1 aliphatic rings. The third kappa shape index (κ3) is 3.56. The number of nitrogens with zero attached hydrogens (tertiary/aromatic N) is 1. The quantitative estimate of drug-likeness (QED) is 0.748. The Bertz CT molecular complexity index is 353. The number of ether oxygens (including phenoxy) is 1. The van der Waals surface area contributed by atoms with Gasteiger partial charge in [0, 0.05) is 0 Å². The molecule has 1 heterocycles. The minimum absolute atomic E-state index is 0.132. The van der Waals surface area contributed by atoms with Gasteiger partial charge in [-0.15, -0.1) is 6.58 Å². The van der Waals surface area contributed by atoms with Crippen molar-refractivity contribution in [2.45, 2.75) is 45.8 Å². The summed E-state index contributed by atoms with van der Waals surface area (Å²) in [7, 11) is 0. The number of allylic oxidation sites excluding steroid dienone is 1. The Balaban J connectivity index is 2.74. The molecule has 19 heavy (non-hydrogen) atoms. The number of aliphatic hydroxyl groups is 1. The normalized spacial score (nSPS) is 22.3. The molecule has 0 aromatic carbocycles. The predicted octanol–water partition coefficient (Wildman–Crippen LogP) is 1.95. The van der Waals surface area contributed by atoms with E-state index in [1.54, 1.807) is 13.0 Å². The van der Waals surface area contributed by atoms with Crippen molar-refractivity contribution in [3.8, 4) is 0 Å². The summed E-state index contributed by atoms with van der Waals surface area (Å²) < 4.78 is 4.94. The number of hydrogen-bond acceptors (Lipinski definition) is 4. The average molecular weight is 269 g/mol. The molecule has 0 saturated carbocycles. The van der Waals surface area contributed by atoms with Crippen LogP contribution in [0.15, 0.2) is 12.7 Å². The predicted molar refractivity (Wildman–Crippen MR) is 71.4 cm³/mol. The Morgan fingerprint density at radius 1 is 1.58 bits per heavy atom. The number of imide groups is 1. The van der Waals surface area contributed by atoms with Crippen LogP contribution in [0.2, 0.25) is 0 Å². The van der Waals surface area contributed by atoms with Crippen LogP contribution < -0.4 is 0 Å². The van der Waals surface area contributed by atoms with Gasteiger partial charge < -0.3 is 9.84 Å². The molecule has 1 aliphatic heterocycles. The Morgan fingerprint density at radius 3 is 2.74 bits per heavy atom. The first-order valence-electron chi connectivity index (χ1n) is 6.69. The van der Waals surface area contributed by atoms with E-state index in [9.17, 15) is 14.7 Å². The molecule has 5 heteroatoms. The van der Waals surface area contributed by atoms with Crippen LogP contribution in [0, 0.1) is 11.8 Å². The fraction of sp³-hybridized carbons (Fsp3) is 0.714. The van der Waals surface area contributed by atoms with E-state index in [1.165, 1.54) is 0 Å².